The molecule has 2 unspecified atom stereocenters. The van der Waals surface area contributed by atoms with Crippen molar-refractivity contribution >= 4 is 31.9 Å². The molecule has 2 atom stereocenters. The first-order valence-corrected chi connectivity index (χ1v) is 8.80. The van der Waals surface area contributed by atoms with Crippen LogP contribution in [0.2, 0.25) is 0 Å². The topological polar surface area (TPSA) is 89.3 Å². The summed E-state index contributed by atoms with van der Waals surface area (Å²) in [5.74, 6) is 0.295. The summed E-state index contributed by atoms with van der Waals surface area (Å²) in [5, 5.41) is 8.03. The molecule has 0 radical (unpaired) electrons. The van der Waals surface area contributed by atoms with Crippen molar-refractivity contribution in [1.29, 1.82) is 0 Å². The fourth-order valence-corrected chi connectivity index (χ4v) is 3.78. The van der Waals surface area contributed by atoms with Crippen LogP contribution in [-0.2, 0) is 10.0 Å². The highest BCUT2D eigenvalue weighted by Crippen LogP contribution is 2.34. The van der Waals surface area contributed by atoms with Crippen LogP contribution in [0.1, 0.15) is 36.5 Å². The van der Waals surface area contributed by atoms with Crippen molar-refractivity contribution in [3.8, 4) is 0 Å². The zero-order valence-corrected chi connectivity index (χ0v) is 13.5. The molecule has 0 aromatic heterocycles. The summed E-state index contributed by atoms with van der Waals surface area (Å²) in [7, 11) is -3.85. The fourth-order valence-electron chi connectivity index (χ4n) is 2.23. The summed E-state index contributed by atoms with van der Waals surface area (Å²) >= 11 is 3.12. The number of carbonyl (C=O) groups is 1. The monoisotopic (exact) mass is 360 g/mol. The third kappa shape index (κ3) is 3.59. The van der Waals surface area contributed by atoms with E-state index < -0.39 is 10.0 Å². The van der Waals surface area contributed by atoms with E-state index in [2.05, 4.69) is 28.2 Å². The van der Waals surface area contributed by atoms with Crippen molar-refractivity contribution in [3.05, 3.63) is 28.2 Å². The van der Waals surface area contributed by atoms with Crippen LogP contribution < -0.4 is 10.5 Å². The van der Waals surface area contributed by atoms with Gasteiger partial charge in [-0.05, 0) is 52.9 Å². The molecular weight excluding hydrogens is 344 g/mol. The molecule has 1 aromatic carbocycles. The average molecular weight is 361 g/mol. The van der Waals surface area contributed by atoms with Crippen LogP contribution in [0, 0.1) is 5.92 Å². The van der Waals surface area contributed by atoms with Gasteiger partial charge in [-0.1, -0.05) is 13.3 Å². The Morgan fingerprint density at radius 1 is 1.50 bits per heavy atom. The molecule has 1 aliphatic rings. The first-order valence-electron chi connectivity index (χ1n) is 6.46. The normalized spacial score (nSPS) is 21.6. The molecule has 1 aliphatic carbocycles. The van der Waals surface area contributed by atoms with Crippen LogP contribution >= 0.6 is 15.9 Å². The quantitative estimate of drug-likeness (QED) is 0.841. The summed E-state index contributed by atoms with van der Waals surface area (Å²) < 4.78 is 23.2. The molecule has 1 saturated carbocycles. The fraction of sp³-hybridized carbons (Fsp3) is 0.462. The molecular formula is C13H17BrN2O3S. The number of primary sulfonamides is 1. The summed E-state index contributed by atoms with van der Waals surface area (Å²) in [4.78, 5) is 12.0. The van der Waals surface area contributed by atoms with Gasteiger partial charge in [0.25, 0.3) is 5.91 Å². The first kappa shape index (κ1) is 15.5. The van der Waals surface area contributed by atoms with E-state index in [1.807, 2.05) is 0 Å². The van der Waals surface area contributed by atoms with Crippen LogP contribution in [0.5, 0.6) is 0 Å². The van der Waals surface area contributed by atoms with Crippen LogP contribution in [0.4, 0.5) is 0 Å². The standard InChI is InChI=1S/C13H17BrN2O3S/c1-2-3-8-6-11(8)16-13(17)9-4-5-10(14)12(7-9)20(15,18)19/h4-5,7-8,11H,2-3,6H2,1H3,(H,16,17)(H2,15,18,19). The molecule has 1 fully saturated rings. The number of benzene rings is 1. The van der Waals surface area contributed by atoms with E-state index in [1.165, 1.54) is 12.1 Å². The molecule has 2 rings (SSSR count). The molecule has 0 bridgehead atoms. The minimum Gasteiger partial charge on any atom is -0.349 e. The predicted octanol–water partition coefficient (Wildman–Crippen LogP) is 2.01. The largest absolute Gasteiger partial charge is 0.349 e. The molecule has 0 aliphatic heterocycles. The Balaban J connectivity index is 2.12. The molecule has 1 amide bonds. The van der Waals surface area contributed by atoms with Crippen molar-refractivity contribution in [2.75, 3.05) is 0 Å². The van der Waals surface area contributed by atoms with Crippen molar-refractivity contribution < 1.29 is 13.2 Å². The van der Waals surface area contributed by atoms with E-state index in [-0.39, 0.29) is 16.8 Å². The van der Waals surface area contributed by atoms with Gasteiger partial charge >= 0.3 is 0 Å². The third-order valence-corrected chi connectivity index (χ3v) is 5.30. The zero-order valence-electron chi connectivity index (χ0n) is 11.1. The molecule has 110 valence electrons. The predicted molar refractivity (Wildman–Crippen MR) is 79.8 cm³/mol. The van der Waals surface area contributed by atoms with Crippen LogP contribution in [-0.4, -0.2) is 20.4 Å². The second kappa shape index (κ2) is 5.83. The van der Waals surface area contributed by atoms with Crippen molar-refractivity contribution in [2.24, 2.45) is 11.1 Å². The lowest BCUT2D eigenvalue weighted by molar-refractivity contribution is 0.0948. The second-order valence-corrected chi connectivity index (χ2v) is 7.44. The van der Waals surface area contributed by atoms with Crippen LogP contribution in [0.3, 0.4) is 0 Å². The number of sulfonamides is 1. The van der Waals surface area contributed by atoms with Crippen LogP contribution in [0.25, 0.3) is 0 Å². The number of amides is 1. The molecule has 0 spiro atoms. The van der Waals surface area contributed by atoms with Gasteiger partial charge in [0.15, 0.2) is 0 Å². The Morgan fingerprint density at radius 2 is 2.20 bits per heavy atom. The number of nitrogens with two attached hydrogens (primary N) is 1. The van der Waals surface area contributed by atoms with E-state index in [4.69, 9.17) is 5.14 Å². The molecule has 5 nitrogen and oxygen atoms in total. The second-order valence-electron chi connectivity index (χ2n) is 5.05. The Morgan fingerprint density at radius 3 is 2.80 bits per heavy atom. The SMILES string of the molecule is CCCC1CC1NC(=O)c1ccc(Br)c(S(N)(=O)=O)c1. The van der Waals surface area contributed by atoms with Gasteiger partial charge in [0.05, 0.1) is 4.90 Å². The van der Waals surface area contributed by atoms with E-state index >= 15 is 0 Å². The van der Waals surface area contributed by atoms with Gasteiger partial charge in [0.1, 0.15) is 0 Å². The highest BCUT2D eigenvalue weighted by Gasteiger charge is 2.37. The lowest BCUT2D eigenvalue weighted by atomic mass is 10.2. The number of hydrogen-bond donors (Lipinski definition) is 2. The van der Waals surface area contributed by atoms with Gasteiger partial charge in [-0.15, -0.1) is 0 Å². The minimum absolute atomic E-state index is 0.0777. The smallest absolute Gasteiger partial charge is 0.251 e. The van der Waals surface area contributed by atoms with Gasteiger partial charge < -0.3 is 5.32 Å². The number of rotatable bonds is 5. The molecule has 3 N–H and O–H groups in total. The number of halogens is 1. The Kier molecular flexibility index (Phi) is 4.51. The Labute approximate surface area is 127 Å². The summed E-state index contributed by atoms with van der Waals surface area (Å²) in [5.41, 5.74) is 0.305. The van der Waals surface area contributed by atoms with Gasteiger partial charge in [-0.2, -0.15) is 0 Å². The number of carbonyl (C=O) groups excluding carboxylic acids is 1. The summed E-state index contributed by atoms with van der Waals surface area (Å²) in [6.45, 7) is 2.12. The minimum atomic E-state index is -3.85. The number of nitrogens with one attached hydrogen (secondary N) is 1. The molecule has 0 heterocycles. The van der Waals surface area contributed by atoms with Crippen molar-refractivity contribution in [2.45, 2.75) is 37.1 Å². The van der Waals surface area contributed by atoms with E-state index in [0.717, 1.165) is 19.3 Å². The average Bonchev–Trinajstić information content (AvgIpc) is 3.06. The summed E-state index contributed by atoms with van der Waals surface area (Å²) in [6.07, 6.45) is 3.21. The Bertz CT molecular complexity index is 631. The molecule has 1 aromatic rings. The molecule has 20 heavy (non-hydrogen) atoms. The highest BCUT2D eigenvalue weighted by atomic mass is 79.9. The van der Waals surface area contributed by atoms with E-state index in [0.29, 0.717) is 16.0 Å². The van der Waals surface area contributed by atoms with E-state index in [1.54, 1.807) is 6.07 Å². The van der Waals surface area contributed by atoms with Crippen molar-refractivity contribution in [1.82, 2.24) is 5.32 Å². The molecule has 0 saturated heterocycles. The maximum atomic E-state index is 12.1. The third-order valence-electron chi connectivity index (χ3n) is 3.40. The van der Waals surface area contributed by atoms with Gasteiger partial charge in [-0.3, -0.25) is 4.79 Å². The molecule has 7 heteroatoms. The highest BCUT2D eigenvalue weighted by molar-refractivity contribution is 9.10. The van der Waals surface area contributed by atoms with Gasteiger partial charge in [-0.25, -0.2) is 13.6 Å². The van der Waals surface area contributed by atoms with Gasteiger partial charge in [0.2, 0.25) is 10.0 Å². The number of hydrogen-bond acceptors (Lipinski definition) is 3. The lowest BCUT2D eigenvalue weighted by Crippen LogP contribution is -2.27. The summed E-state index contributed by atoms with van der Waals surface area (Å²) in [6, 6.07) is 4.60. The first-order chi connectivity index (χ1) is 9.32. The Hall–Kier alpha value is -0.920. The maximum Gasteiger partial charge on any atom is 0.251 e. The zero-order chi connectivity index (χ0) is 14.9. The van der Waals surface area contributed by atoms with E-state index in [9.17, 15) is 13.2 Å². The maximum absolute atomic E-state index is 12.1. The lowest BCUT2D eigenvalue weighted by Gasteiger charge is -2.07. The van der Waals surface area contributed by atoms with Crippen molar-refractivity contribution in [3.63, 3.8) is 0 Å². The van der Waals surface area contributed by atoms with Gasteiger partial charge in [0, 0.05) is 16.1 Å². The van der Waals surface area contributed by atoms with Crippen LogP contribution in [0.15, 0.2) is 27.6 Å².